The van der Waals surface area contributed by atoms with Crippen LogP contribution in [0.15, 0.2) is 0 Å². The molecule has 0 aliphatic carbocycles. The first-order valence-electron chi connectivity index (χ1n) is 2.06. The van der Waals surface area contributed by atoms with E-state index in [9.17, 15) is 4.79 Å². The van der Waals surface area contributed by atoms with Crippen LogP contribution in [0, 0.1) is 0 Å². The van der Waals surface area contributed by atoms with Crippen molar-refractivity contribution in [2.75, 3.05) is 6.54 Å². The van der Waals surface area contributed by atoms with Gasteiger partial charge in [-0.1, -0.05) is 0 Å². The molecule has 0 rings (SSSR count). The van der Waals surface area contributed by atoms with Crippen molar-refractivity contribution >= 4 is 5.97 Å². The third-order valence-corrected chi connectivity index (χ3v) is 0.477. The number of hydrogen-bond acceptors (Lipinski definition) is 5. The summed E-state index contributed by atoms with van der Waals surface area (Å²) in [6.07, 6.45) is -3.10. The molecule has 0 saturated heterocycles. The zero-order valence-electron chi connectivity index (χ0n) is 4.40. The minimum atomic E-state index is -3.10. The number of carbonyl (C=O) groups is 1. The number of carboxylic acid groups (broad SMARTS) is 1. The number of hydrogen-bond donors (Lipinski definition) is 5. The van der Waals surface area contributed by atoms with Crippen LogP contribution in [0.1, 0.15) is 0 Å². The maximum absolute atomic E-state index is 9.65. The van der Waals surface area contributed by atoms with Gasteiger partial charge in [0, 0.05) is 0 Å². The molecule has 0 saturated carbocycles. The summed E-state index contributed by atoms with van der Waals surface area (Å²) in [5.41, 5.74) is 0. The maximum Gasteiger partial charge on any atom is 0.343 e. The van der Waals surface area contributed by atoms with Crippen LogP contribution in [-0.4, -0.2) is 39.0 Å². The summed E-state index contributed by atoms with van der Waals surface area (Å²) >= 11 is 0. The van der Waals surface area contributed by atoms with Crippen molar-refractivity contribution in [1.29, 1.82) is 0 Å². The first-order valence-corrected chi connectivity index (χ1v) is 2.06. The molecule has 5 N–H and O–H groups in total. The van der Waals surface area contributed by atoms with Crippen LogP contribution < -0.4 is 5.32 Å². The number of aliphatic hydroxyl groups is 3. The van der Waals surface area contributed by atoms with Crippen LogP contribution in [0.4, 0.5) is 0 Å². The molecule has 0 atom stereocenters. The van der Waals surface area contributed by atoms with Gasteiger partial charge in [0.25, 0.3) is 0 Å². The number of carboxylic acids is 1. The lowest BCUT2D eigenvalue weighted by atomic mass is 10.6. The third-order valence-electron chi connectivity index (χ3n) is 0.477. The molecule has 0 amide bonds. The van der Waals surface area contributed by atoms with Crippen molar-refractivity contribution in [2.24, 2.45) is 0 Å². The van der Waals surface area contributed by atoms with Crippen LogP contribution in [0.3, 0.4) is 0 Å². The minimum absolute atomic E-state index is 0.719. The summed E-state index contributed by atoms with van der Waals surface area (Å²) in [5, 5.41) is 33.4. The normalized spacial score (nSPS) is 11.4. The van der Waals surface area contributed by atoms with Crippen molar-refractivity contribution in [3.63, 3.8) is 0 Å². The van der Waals surface area contributed by atoms with E-state index in [2.05, 4.69) is 0 Å². The molecule has 6 heteroatoms. The van der Waals surface area contributed by atoms with E-state index in [4.69, 9.17) is 20.4 Å². The second-order valence-corrected chi connectivity index (χ2v) is 1.38. The molecule has 0 aromatic carbocycles. The van der Waals surface area contributed by atoms with Crippen molar-refractivity contribution in [1.82, 2.24) is 5.32 Å². The highest BCUT2D eigenvalue weighted by Crippen LogP contribution is 1.81. The molecular formula is C3H7NO5. The molecular weight excluding hydrogens is 130 g/mol. The summed E-state index contributed by atoms with van der Waals surface area (Å²) in [6, 6.07) is 0. The number of nitrogens with one attached hydrogen (secondary N) is 1. The zero-order chi connectivity index (χ0) is 7.49. The second kappa shape index (κ2) is 2.74. The number of rotatable bonds is 3. The Balaban J connectivity index is 3.39. The Kier molecular flexibility index (Phi) is 2.53. The Bertz CT molecular complexity index is 105. The van der Waals surface area contributed by atoms with Gasteiger partial charge in [0.1, 0.15) is 6.54 Å². The van der Waals surface area contributed by atoms with Gasteiger partial charge in [-0.3, -0.25) is 4.79 Å². The summed E-state index contributed by atoms with van der Waals surface area (Å²) in [7, 11) is 0. The molecule has 0 radical (unpaired) electrons. The molecule has 0 aromatic rings. The summed E-state index contributed by atoms with van der Waals surface area (Å²) in [6.45, 7) is -0.719. The van der Waals surface area contributed by atoms with E-state index in [1.54, 1.807) is 0 Å². The average molecular weight is 137 g/mol. The van der Waals surface area contributed by atoms with E-state index in [-0.39, 0.29) is 0 Å². The Morgan fingerprint density at radius 2 is 1.89 bits per heavy atom. The first kappa shape index (κ1) is 8.31. The zero-order valence-corrected chi connectivity index (χ0v) is 4.40. The largest absolute Gasteiger partial charge is 0.480 e. The highest BCUT2D eigenvalue weighted by atomic mass is 16.7. The summed E-state index contributed by atoms with van der Waals surface area (Å²) in [4.78, 5) is 9.65. The molecule has 0 fully saturated rings. The standard InChI is InChI=1S/C3H7NO5/c5-2(6)1-4-3(7,8)9/h4,7-9H,1H2,(H,5,6). The summed E-state index contributed by atoms with van der Waals surface area (Å²) < 4.78 is 0. The van der Waals surface area contributed by atoms with Crippen molar-refractivity contribution in [2.45, 2.75) is 6.10 Å². The molecule has 6 nitrogen and oxygen atoms in total. The van der Waals surface area contributed by atoms with Gasteiger partial charge in [-0.05, 0) is 0 Å². The van der Waals surface area contributed by atoms with Crippen molar-refractivity contribution < 1.29 is 25.2 Å². The fraction of sp³-hybridized carbons (Fsp3) is 0.667. The first-order chi connectivity index (χ1) is 3.92. The third kappa shape index (κ3) is 7.31. The molecule has 9 heavy (non-hydrogen) atoms. The van der Waals surface area contributed by atoms with Gasteiger partial charge in [-0.25, -0.2) is 5.32 Å². The van der Waals surface area contributed by atoms with E-state index >= 15 is 0 Å². The number of aliphatic carboxylic acids is 1. The van der Waals surface area contributed by atoms with Crippen LogP contribution in [-0.2, 0) is 4.79 Å². The molecule has 54 valence electrons. The van der Waals surface area contributed by atoms with E-state index in [0.717, 1.165) is 0 Å². The van der Waals surface area contributed by atoms with Gasteiger partial charge in [0.2, 0.25) is 0 Å². The minimum Gasteiger partial charge on any atom is -0.480 e. The topological polar surface area (TPSA) is 110 Å². The lowest BCUT2D eigenvalue weighted by molar-refractivity contribution is -0.330. The van der Waals surface area contributed by atoms with Crippen LogP contribution in [0.25, 0.3) is 0 Å². The van der Waals surface area contributed by atoms with Gasteiger partial charge in [-0.15, -0.1) is 0 Å². The monoisotopic (exact) mass is 137 g/mol. The Labute approximate surface area is 50.4 Å². The fourth-order valence-electron chi connectivity index (χ4n) is 0.194. The average Bonchev–Trinajstić information content (AvgIpc) is 1.59. The quantitative estimate of drug-likeness (QED) is 0.270. The van der Waals surface area contributed by atoms with E-state index in [0.29, 0.717) is 0 Å². The van der Waals surface area contributed by atoms with Crippen molar-refractivity contribution in [3.05, 3.63) is 0 Å². The van der Waals surface area contributed by atoms with Gasteiger partial charge in [-0.2, -0.15) is 0 Å². The molecule has 0 aromatic heterocycles. The Morgan fingerprint density at radius 1 is 1.44 bits per heavy atom. The highest BCUT2D eigenvalue weighted by Gasteiger charge is 2.17. The van der Waals surface area contributed by atoms with Gasteiger partial charge >= 0.3 is 12.1 Å². The molecule has 0 bridgehead atoms. The van der Waals surface area contributed by atoms with Gasteiger partial charge in [0.15, 0.2) is 0 Å². The smallest absolute Gasteiger partial charge is 0.343 e. The maximum atomic E-state index is 9.65. The summed E-state index contributed by atoms with van der Waals surface area (Å²) in [5.74, 6) is -1.29. The van der Waals surface area contributed by atoms with E-state index < -0.39 is 18.6 Å². The predicted molar refractivity (Wildman–Crippen MR) is 25.0 cm³/mol. The molecule has 0 aliphatic heterocycles. The van der Waals surface area contributed by atoms with Gasteiger partial charge < -0.3 is 20.4 Å². The SMILES string of the molecule is O=C(O)CNC(O)(O)O. The lowest BCUT2D eigenvalue weighted by Crippen LogP contribution is -2.46. The molecule has 0 spiro atoms. The van der Waals surface area contributed by atoms with Gasteiger partial charge in [0.05, 0.1) is 0 Å². The van der Waals surface area contributed by atoms with Crippen molar-refractivity contribution in [3.8, 4) is 0 Å². The van der Waals surface area contributed by atoms with Crippen LogP contribution in [0.5, 0.6) is 0 Å². The fourth-order valence-corrected chi connectivity index (χ4v) is 0.194. The van der Waals surface area contributed by atoms with E-state index in [1.807, 2.05) is 0 Å². The molecule has 0 unspecified atom stereocenters. The molecule has 0 aliphatic rings. The van der Waals surface area contributed by atoms with Crippen LogP contribution >= 0.6 is 0 Å². The Morgan fingerprint density at radius 3 is 2.00 bits per heavy atom. The second-order valence-electron chi connectivity index (χ2n) is 1.38. The Hall–Kier alpha value is -0.690. The highest BCUT2D eigenvalue weighted by molar-refractivity contribution is 5.69. The van der Waals surface area contributed by atoms with Crippen LogP contribution in [0.2, 0.25) is 0 Å². The predicted octanol–water partition coefficient (Wildman–Crippen LogP) is -2.75. The van der Waals surface area contributed by atoms with E-state index in [1.165, 1.54) is 5.32 Å². The molecule has 0 heterocycles. The lowest BCUT2D eigenvalue weighted by Gasteiger charge is -2.12.